The lowest BCUT2D eigenvalue weighted by Gasteiger charge is -2.47. The Kier molecular flexibility index (Phi) is 3.27. The summed E-state index contributed by atoms with van der Waals surface area (Å²) in [4.78, 5) is 27.1. The van der Waals surface area contributed by atoms with Gasteiger partial charge in [-0.1, -0.05) is 32.1 Å². The van der Waals surface area contributed by atoms with Crippen molar-refractivity contribution in [3.05, 3.63) is 0 Å². The fraction of sp³-hybridized carbons (Fsp3) is 0.867. The van der Waals surface area contributed by atoms with E-state index in [9.17, 15) is 9.59 Å². The minimum absolute atomic E-state index is 0.0482. The number of nitrogens with one attached hydrogen (secondary N) is 1. The molecule has 3 aliphatic rings. The fourth-order valence-electron chi connectivity index (χ4n) is 4.10. The lowest BCUT2D eigenvalue weighted by molar-refractivity contribution is -0.157. The van der Waals surface area contributed by atoms with E-state index in [2.05, 4.69) is 5.32 Å². The number of amides is 2. The zero-order valence-electron chi connectivity index (χ0n) is 11.8. The molecule has 1 spiro atoms. The van der Waals surface area contributed by atoms with Crippen molar-refractivity contribution in [1.29, 1.82) is 0 Å². The second-order valence-corrected chi connectivity index (χ2v) is 6.46. The summed E-state index contributed by atoms with van der Waals surface area (Å²) < 4.78 is 0. The van der Waals surface area contributed by atoms with E-state index in [1.54, 1.807) is 0 Å². The monoisotopic (exact) mass is 264 g/mol. The van der Waals surface area contributed by atoms with E-state index in [0.717, 1.165) is 38.5 Å². The van der Waals surface area contributed by atoms with Crippen LogP contribution in [-0.2, 0) is 9.59 Å². The number of rotatable bonds is 1. The smallest absolute Gasteiger partial charge is 0.249 e. The Morgan fingerprint density at radius 3 is 2.32 bits per heavy atom. The number of nitrogens with zero attached hydrogens (tertiary/aromatic N) is 1. The van der Waals surface area contributed by atoms with Gasteiger partial charge in [0.2, 0.25) is 11.8 Å². The van der Waals surface area contributed by atoms with Crippen LogP contribution in [0.5, 0.6) is 0 Å². The summed E-state index contributed by atoms with van der Waals surface area (Å²) >= 11 is 0. The van der Waals surface area contributed by atoms with Gasteiger partial charge >= 0.3 is 0 Å². The average Bonchev–Trinajstić information content (AvgIpc) is 2.88. The number of carbonyl (C=O) groups is 2. The highest BCUT2D eigenvalue weighted by molar-refractivity contribution is 6.00. The van der Waals surface area contributed by atoms with Crippen molar-refractivity contribution >= 4 is 11.8 Å². The van der Waals surface area contributed by atoms with E-state index in [1.165, 1.54) is 19.3 Å². The number of hydrogen-bond acceptors (Lipinski definition) is 2. The first-order valence-electron chi connectivity index (χ1n) is 7.79. The molecule has 0 aromatic heterocycles. The summed E-state index contributed by atoms with van der Waals surface area (Å²) in [6.07, 6.45) is 9.55. The molecule has 1 aliphatic heterocycles. The van der Waals surface area contributed by atoms with Crippen molar-refractivity contribution in [3.63, 3.8) is 0 Å². The van der Waals surface area contributed by atoms with Crippen LogP contribution >= 0.6 is 0 Å². The molecule has 106 valence electrons. The van der Waals surface area contributed by atoms with Gasteiger partial charge in [0, 0.05) is 6.04 Å². The van der Waals surface area contributed by atoms with E-state index in [-0.39, 0.29) is 17.9 Å². The van der Waals surface area contributed by atoms with E-state index in [1.807, 2.05) is 11.8 Å². The molecule has 2 saturated carbocycles. The van der Waals surface area contributed by atoms with Crippen molar-refractivity contribution in [2.24, 2.45) is 0 Å². The van der Waals surface area contributed by atoms with Gasteiger partial charge in [-0.2, -0.15) is 0 Å². The van der Waals surface area contributed by atoms with Crippen molar-refractivity contribution in [3.8, 4) is 0 Å². The molecular formula is C15H24N2O2. The normalized spacial score (nSPS) is 31.8. The Morgan fingerprint density at radius 2 is 1.68 bits per heavy atom. The van der Waals surface area contributed by atoms with Gasteiger partial charge in [0.1, 0.15) is 11.6 Å². The highest BCUT2D eigenvalue weighted by Crippen LogP contribution is 2.37. The summed E-state index contributed by atoms with van der Waals surface area (Å²) in [5.74, 6) is 0.246. The van der Waals surface area contributed by atoms with Crippen LogP contribution in [0.3, 0.4) is 0 Å². The largest absolute Gasteiger partial charge is 0.340 e. The van der Waals surface area contributed by atoms with Gasteiger partial charge in [-0.15, -0.1) is 0 Å². The summed E-state index contributed by atoms with van der Waals surface area (Å²) in [6, 6.07) is 0.00148. The molecule has 1 unspecified atom stereocenters. The fourth-order valence-corrected chi connectivity index (χ4v) is 4.10. The second kappa shape index (κ2) is 4.80. The predicted molar refractivity (Wildman–Crippen MR) is 72.5 cm³/mol. The van der Waals surface area contributed by atoms with Crippen LogP contribution in [0.15, 0.2) is 0 Å². The van der Waals surface area contributed by atoms with E-state index in [0.29, 0.717) is 6.04 Å². The molecule has 19 heavy (non-hydrogen) atoms. The Hall–Kier alpha value is -1.06. The lowest BCUT2D eigenvalue weighted by atomic mass is 9.86. The Balaban J connectivity index is 1.87. The van der Waals surface area contributed by atoms with Crippen LogP contribution in [0, 0.1) is 0 Å². The molecule has 4 nitrogen and oxygen atoms in total. The van der Waals surface area contributed by atoms with Crippen molar-refractivity contribution < 1.29 is 9.59 Å². The molecule has 2 aliphatic carbocycles. The Bertz CT molecular complexity index is 382. The van der Waals surface area contributed by atoms with Crippen molar-refractivity contribution in [2.45, 2.75) is 82.3 Å². The Labute approximate surface area is 114 Å². The van der Waals surface area contributed by atoms with Crippen LogP contribution in [0.2, 0.25) is 0 Å². The molecule has 1 atom stereocenters. The van der Waals surface area contributed by atoms with E-state index < -0.39 is 5.54 Å². The molecule has 1 heterocycles. The third-order valence-corrected chi connectivity index (χ3v) is 5.23. The van der Waals surface area contributed by atoms with Gasteiger partial charge in [0.25, 0.3) is 0 Å². The van der Waals surface area contributed by atoms with Crippen molar-refractivity contribution in [1.82, 2.24) is 10.2 Å². The number of carbonyl (C=O) groups excluding carboxylic acids is 2. The highest BCUT2D eigenvalue weighted by atomic mass is 16.2. The zero-order valence-corrected chi connectivity index (χ0v) is 11.8. The van der Waals surface area contributed by atoms with Gasteiger partial charge in [-0.25, -0.2) is 0 Å². The molecule has 0 aromatic carbocycles. The number of hydrogen-bond donors (Lipinski definition) is 1. The summed E-state index contributed by atoms with van der Waals surface area (Å²) in [5.41, 5.74) is -0.555. The lowest BCUT2D eigenvalue weighted by Crippen LogP contribution is -2.70. The van der Waals surface area contributed by atoms with Crippen LogP contribution < -0.4 is 5.32 Å². The molecule has 0 radical (unpaired) electrons. The Morgan fingerprint density at radius 1 is 1.05 bits per heavy atom. The summed E-state index contributed by atoms with van der Waals surface area (Å²) in [6.45, 7) is 1.88. The quantitative estimate of drug-likeness (QED) is 0.787. The first kappa shape index (κ1) is 12.9. The summed E-state index contributed by atoms with van der Waals surface area (Å²) in [7, 11) is 0. The minimum Gasteiger partial charge on any atom is -0.340 e. The van der Waals surface area contributed by atoms with Gasteiger partial charge in [0.15, 0.2) is 0 Å². The maximum absolute atomic E-state index is 12.9. The molecule has 4 heteroatoms. The second-order valence-electron chi connectivity index (χ2n) is 6.46. The first-order valence-corrected chi connectivity index (χ1v) is 7.79. The van der Waals surface area contributed by atoms with Gasteiger partial charge in [-0.05, 0) is 32.6 Å². The van der Waals surface area contributed by atoms with Crippen LogP contribution in [-0.4, -0.2) is 34.3 Å². The minimum atomic E-state index is -0.555. The number of piperazine rings is 1. The molecule has 0 bridgehead atoms. The zero-order chi connectivity index (χ0) is 13.5. The van der Waals surface area contributed by atoms with E-state index in [4.69, 9.17) is 0 Å². The maximum Gasteiger partial charge on any atom is 0.249 e. The maximum atomic E-state index is 12.9. The molecule has 0 aromatic rings. The van der Waals surface area contributed by atoms with Crippen LogP contribution in [0.4, 0.5) is 0 Å². The topological polar surface area (TPSA) is 49.4 Å². The average molecular weight is 264 g/mol. The van der Waals surface area contributed by atoms with Gasteiger partial charge < -0.3 is 10.2 Å². The summed E-state index contributed by atoms with van der Waals surface area (Å²) in [5, 5.41) is 3.03. The standard InChI is InChI=1S/C15H24N2O2/c1-11-13(18)16-15(9-5-6-10-15)14(19)17(11)12-7-3-2-4-8-12/h11-12H,2-10H2,1H3,(H,16,18). The third-order valence-electron chi connectivity index (χ3n) is 5.23. The molecule has 1 N–H and O–H groups in total. The third kappa shape index (κ3) is 2.05. The van der Waals surface area contributed by atoms with Gasteiger partial charge in [-0.3, -0.25) is 9.59 Å². The van der Waals surface area contributed by atoms with Crippen LogP contribution in [0.25, 0.3) is 0 Å². The predicted octanol–water partition coefficient (Wildman–Crippen LogP) is 1.98. The van der Waals surface area contributed by atoms with Gasteiger partial charge in [0.05, 0.1) is 0 Å². The van der Waals surface area contributed by atoms with Crippen molar-refractivity contribution in [2.75, 3.05) is 0 Å². The van der Waals surface area contributed by atoms with E-state index >= 15 is 0 Å². The molecule has 1 saturated heterocycles. The highest BCUT2D eigenvalue weighted by Gasteiger charge is 2.52. The SMILES string of the molecule is CC1C(=O)NC2(CCCC2)C(=O)N1C1CCCCC1. The molecule has 3 fully saturated rings. The molecular weight excluding hydrogens is 240 g/mol. The van der Waals surface area contributed by atoms with Crippen LogP contribution in [0.1, 0.15) is 64.7 Å². The first-order chi connectivity index (χ1) is 9.14. The molecule has 2 amide bonds. The molecule has 3 rings (SSSR count).